The number of rotatable bonds is 6. The van der Waals surface area contributed by atoms with Gasteiger partial charge in [0.2, 0.25) is 0 Å². The number of amides is 1. The smallest absolute Gasteiger partial charge is 0.252 e. The lowest BCUT2D eigenvalue weighted by Gasteiger charge is -2.17. The predicted octanol–water partition coefficient (Wildman–Crippen LogP) is 1.84. The van der Waals surface area contributed by atoms with Crippen molar-refractivity contribution in [2.75, 3.05) is 0 Å². The Morgan fingerprint density at radius 2 is 2.11 bits per heavy atom. The van der Waals surface area contributed by atoms with Crippen molar-refractivity contribution >= 4 is 12.2 Å². The summed E-state index contributed by atoms with van der Waals surface area (Å²) in [6.07, 6.45) is 2.15. The summed E-state index contributed by atoms with van der Waals surface area (Å²) >= 11 is 0. The summed E-state index contributed by atoms with van der Waals surface area (Å²) in [6.45, 7) is 1.84. The molecule has 0 saturated carbocycles. The molecule has 0 radical (unpaired) electrons. The highest BCUT2D eigenvalue weighted by Crippen LogP contribution is 2.29. The van der Waals surface area contributed by atoms with Crippen LogP contribution in [0.1, 0.15) is 48.1 Å². The Labute approximate surface area is 112 Å². The van der Waals surface area contributed by atoms with Gasteiger partial charge in [-0.3, -0.25) is 4.79 Å². The highest BCUT2D eigenvalue weighted by molar-refractivity contribution is 5.99. The predicted molar refractivity (Wildman–Crippen MR) is 71.7 cm³/mol. The van der Waals surface area contributed by atoms with Crippen LogP contribution in [0, 0.1) is 5.92 Å². The van der Waals surface area contributed by atoms with E-state index in [1.807, 2.05) is 25.1 Å². The monoisotopic (exact) mass is 261 g/mol. The maximum Gasteiger partial charge on any atom is 0.252 e. The van der Waals surface area contributed by atoms with Gasteiger partial charge in [-0.2, -0.15) is 0 Å². The lowest BCUT2D eigenvalue weighted by atomic mass is 9.96. The summed E-state index contributed by atoms with van der Waals surface area (Å²) in [7, 11) is 0. The molecule has 1 aliphatic heterocycles. The zero-order valence-electron chi connectivity index (χ0n) is 11.0. The second kappa shape index (κ2) is 5.97. The fraction of sp³-hybridized carbons (Fsp3) is 0.467. The van der Waals surface area contributed by atoms with Crippen LogP contribution in [0.5, 0.6) is 0 Å². The van der Waals surface area contributed by atoms with Gasteiger partial charge in [0.05, 0.1) is 12.1 Å². The van der Waals surface area contributed by atoms with Crippen LogP contribution in [-0.4, -0.2) is 23.4 Å². The van der Waals surface area contributed by atoms with Gasteiger partial charge in [-0.15, -0.1) is 0 Å². The third-order valence-corrected chi connectivity index (χ3v) is 3.58. The van der Waals surface area contributed by atoms with Crippen molar-refractivity contribution < 1.29 is 14.7 Å². The van der Waals surface area contributed by atoms with Gasteiger partial charge in [0.1, 0.15) is 6.29 Å². The first kappa shape index (κ1) is 13.7. The van der Waals surface area contributed by atoms with Crippen molar-refractivity contribution in [1.29, 1.82) is 0 Å². The van der Waals surface area contributed by atoms with E-state index in [0.29, 0.717) is 24.8 Å². The summed E-state index contributed by atoms with van der Waals surface area (Å²) in [5.74, 6) is -0.103. The lowest BCUT2D eigenvalue weighted by molar-refractivity contribution is -0.110. The van der Waals surface area contributed by atoms with Crippen LogP contribution in [0.25, 0.3) is 0 Å². The molecule has 0 aromatic heterocycles. The van der Waals surface area contributed by atoms with E-state index in [1.54, 1.807) is 6.07 Å². The molecule has 1 heterocycles. The van der Waals surface area contributed by atoms with E-state index in [-0.39, 0.29) is 17.9 Å². The van der Waals surface area contributed by atoms with Gasteiger partial charge in [0, 0.05) is 11.5 Å². The van der Waals surface area contributed by atoms with Gasteiger partial charge in [-0.05, 0) is 30.9 Å². The van der Waals surface area contributed by atoms with Crippen molar-refractivity contribution in [3.63, 3.8) is 0 Å². The van der Waals surface area contributed by atoms with E-state index < -0.39 is 6.10 Å². The second-order valence-corrected chi connectivity index (χ2v) is 5.19. The minimum atomic E-state index is -0.501. The summed E-state index contributed by atoms with van der Waals surface area (Å²) in [5.41, 5.74) is 1.65. The van der Waals surface area contributed by atoms with E-state index in [1.165, 1.54) is 0 Å². The zero-order chi connectivity index (χ0) is 13.8. The first-order valence-corrected chi connectivity index (χ1v) is 6.65. The second-order valence-electron chi connectivity index (χ2n) is 5.19. The molecular weight excluding hydrogens is 242 g/mol. The molecule has 4 heteroatoms. The van der Waals surface area contributed by atoms with Gasteiger partial charge < -0.3 is 15.2 Å². The first-order chi connectivity index (χ1) is 9.11. The van der Waals surface area contributed by atoms with Gasteiger partial charge in [0.25, 0.3) is 5.91 Å². The van der Waals surface area contributed by atoms with E-state index >= 15 is 0 Å². The zero-order valence-corrected chi connectivity index (χ0v) is 11.0. The fourth-order valence-corrected chi connectivity index (χ4v) is 2.42. The molecule has 1 aromatic rings. The molecule has 1 aromatic carbocycles. The summed E-state index contributed by atoms with van der Waals surface area (Å²) < 4.78 is 0. The number of aliphatic hydroxyl groups excluding tert-OH is 1. The van der Waals surface area contributed by atoms with Crippen LogP contribution < -0.4 is 5.32 Å². The molecular formula is C15H19NO3. The van der Waals surface area contributed by atoms with E-state index in [4.69, 9.17) is 0 Å². The minimum Gasteiger partial charge on any atom is -0.393 e. The standard InChI is InChI=1S/C15H19NO3/c1-10(9-17)6-7-11(18)8-14-12-4-2-3-5-13(12)15(19)16-14/h2-5,9-11,14,18H,6-8H2,1H3,(H,16,19). The maximum absolute atomic E-state index is 11.7. The normalized spacial score (nSPS) is 20.5. The summed E-state index contributed by atoms with van der Waals surface area (Å²) in [5, 5.41) is 12.9. The number of aliphatic hydroxyl groups is 1. The molecule has 2 N–H and O–H groups in total. The van der Waals surface area contributed by atoms with E-state index in [0.717, 1.165) is 11.8 Å². The lowest BCUT2D eigenvalue weighted by Crippen LogP contribution is -2.23. The molecule has 1 amide bonds. The number of carbonyl (C=O) groups excluding carboxylic acids is 2. The van der Waals surface area contributed by atoms with Crippen LogP contribution in [0.15, 0.2) is 24.3 Å². The molecule has 0 spiro atoms. The molecule has 102 valence electrons. The Morgan fingerprint density at radius 3 is 2.84 bits per heavy atom. The Bertz CT molecular complexity index is 472. The Hall–Kier alpha value is -1.68. The number of carbonyl (C=O) groups is 2. The van der Waals surface area contributed by atoms with Crippen LogP contribution >= 0.6 is 0 Å². The number of nitrogens with one attached hydrogen (secondary N) is 1. The summed E-state index contributed by atoms with van der Waals surface area (Å²) in [6, 6.07) is 7.32. The van der Waals surface area contributed by atoms with Gasteiger partial charge in [-0.25, -0.2) is 0 Å². The van der Waals surface area contributed by atoms with Gasteiger partial charge in [0.15, 0.2) is 0 Å². The average molecular weight is 261 g/mol. The largest absolute Gasteiger partial charge is 0.393 e. The average Bonchev–Trinajstić information content (AvgIpc) is 2.73. The Kier molecular flexibility index (Phi) is 4.32. The summed E-state index contributed by atoms with van der Waals surface area (Å²) in [4.78, 5) is 22.3. The van der Waals surface area contributed by atoms with Crippen molar-refractivity contribution in [2.45, 2.75) is 38.3 Å². The molecule has 19 heavy (non-hydrogen) atoms. The molecule has 3 atom stereocenters. The van der Waals surface area contributed by atoms with E-state index in [2.05, 4.69) is 5.32 Å². The molecule has 0 fully saturated rings. The number of fused-ring (bicyclic) bond motifs is 1. The number of benzene rings is 1. The topological polar surface area (TPSA) is 66.4 Å². The van der Waals surface area contributed by atoms with Crippen molar-refractivity contribution in [3.8, 4) is 0 Å². The van der Waals surface area contributed by atoms with Crippen LogP contribution in [0.3, 0.4) is 0 Å². The van der Waals surface area contributed by atoms with E-state index in [9.17, 15) is 14.7 Å². The minimum absolute atomic E-state index is 0.0277. The first-order valence-electron chi connectivity index (χ1n) is 6.65. The third-order valence-electron chi connectivity index (χ3n) is 3.58. The van der Waals surface area contributed by atoms with Gasteiger partial charge in [-0.1, -0.05) is 25.1 Å². The molecule has 0 aliphatic carbocycles. The maximum atomic E-state index is 11.7. The molecule has 4 nitrogen and oxygen atoms in total. The molecule has 3 unspecified atom stereocenters. The third kappa shape index (κ3) is 3.20. The van der Waals surface area contributed by atoms with Crippen molar-refractivity contribution in [2.24, 2.45) is 5.92 Å². The Morgan fingerprint density at radius 1 is 1.37 bits per heavy atom. The van der Waals surface area contributed by atoms with Crippen LogP contribution in [0.2, 0.25) is 0 Å². The molecule has 0 bridgehead atoms. The van der Waals surface area contributed by atoms with Crippen LogP contribution in [-0.2, 0) is 4.79 Å². The molecule has 2 rings (SSSR count). The molecule has 1 aliphatic rings. The Balaban J connectivity index is 1.94. The SMILES string of the molecule is CC(C=O)CCC(O)CC1NC(=O)c2ccccc21. The highest BCUT2D eigenvalue weighted by atomic mass is 16.3. The highest BCUT2D eigenvalue weighted by Gasteiger charge is 2.29. The fourth-order valence-electron chi connectivity index (χ4n) is 2.42. The number of aldehydes is 1. The number of hydrogen-bond acceptors (Lipinski definition) is 3. The van der Waals surface area contributed by atoms with Crippen LogP contribution in [0.4, 0.5) is 0 Å². The number of hydrogen-bond donors (Lipinski definition) is 2. The molecule has 0 saturated heterocycles. The van der Waals surface area contributed by atoms with Crippen molar-refractivity contribution in [3.05, 3.63) is 35.4 Å². The van der Waals surface area contributed by atoms with Gasteiger partial charge >= 0.3 is 0 Å². The van der Waals surface area contributed by atoms with Crippen molar-refractivity contribution in [1.82, 2.24) is 5.32 Å². The quantitative estimate of drug-likeness (QED) is 0.768.